The molecule has 1 aromatic heterocycles. The third kappa shape index (κ3) is 4.10. The van der Waals surface area contributed by atoms with E-state index in [1.807, 2.05) is 17.0 Å². The van der Waals surface area contributed by atoms with Crippen molar-refractivity contribution < 1.29 is 4.79 Å². The van der Waals surface area contributed by atoms with Crippen molar-refractivity contribution in [2.75, 3.05) is 18.1 Å². The van der Waals surface area contributed by atoms with Crippen LogP contribution in [0.25, 0.3) is 11.4 Å². The zero-order valence-corrected chi connectivity index (χ0v) is 15.8. The van der Waals surface area contributed by atoms with E-state index < -0.39 is 0 Å². The van der Waals surface area contributed by atoms with Crippen molar-refractivity contribution >= 4 is 29.3 Å². The van der Waals surface area contributed by atoms with Crippen LogP contribution in [-0.2, 0) is 4.79 Å². The third-order valence-corrected chi connectivity index (χ3v) is 5.69. The molecule has 1 amide bonds. The number of hydrogen-bond acceptors (Lipinski definition) is 5. The van der Waals surface area contributed by atoms with Crippen LogP contribution in [0.15, 0.2) is 29.4 Å². The molecule has 2 heterocycles. The number of carbonyl (C=O) groups excluding carboxylic acids is 1. The first-order chi connectivity index (χ1) is 12.1. The maximum atomic E-state index is 12.6. The van der Waals surface area contributed by atoms with Crippen molar-refractivity contribution in [3.8, 4) is 11.4 Å². The van der Waals surface area contributed by atoms with E-state index >= 15 is 0 Å². The van der Waals surface area contributed by atoms with Crippen molar-refractivity contribution in [1.29, 1.82) is 0 Å². The molecule has 0 aliphatic carbocycles. The number of halogens is 1. The Morgan fingerprint density at radius 1 is 1.32 bits per heavy atom. The standard InChI is InChI=1S/C17H22ClN5OS/c1-2-14-5-3-4-10-22(14)15(24)11-25-17-21-20-16(23(17)19)12-6-8-13(18)9-7-12/h6-9,14H,2-5,10-11,19H2,1H3/t14-/m1/s1. The Morgan fingerprint density at radius 2 is 2.08 bits per heavy atom. The van der Waals surface area contributed by atoms with Crippen LogP contribution < -0.4 is 5.84 Å². The van der Waals surface area contributed by atoms with E-state index in [1.165, 1.54) is 22.9 Å². The van der Waals surface area contributed by atoms with Gasteiger partial charge in [-0.25, -0.2) is 4.68 Å². The number of hydrogen-bond donors (Lipinski definition) is 1. The van der Waals surface area contributed by atoms with Gasteiger partial charge in [0.1, 0.15) is 0 Å². The van der Waals surface area contributed by atoms with Crippen LogP contribution in [0.1, 0.15) is 32.6 Å². The second-order valence-electron chi connectivity index (χ2n) is 6.12. The summed E-state index contributed by atoms with van der Waals surface area (Å²) in [6.45, 7) is 2.99. The Kier molecular flexibility index (Phi) is 5.86. The lowest BCUT2D eigenvalue weighted by Crippen LogP contribution is -2.44. The van der Waals surface area contributed by atoms with E-state index in [2.05, 4.69) is 17.1 Å². The average molecular weight is 380 g/mol. The van der Waals surface area contributed by atoms with Gasteiger partial charge in [-0.3, -0.25) is 4.79 Å². The average Bonchev–Trinajstić information content (AvgIpc) is 3.01. The summed E-state index contributed by atoms with van der Waals surface area (Å²) in [4.78, 5) is 14.6. The molecule has 0 bridgehead atoms. The molecule has 0 spiro atoms. The topological polar surface area (TPSA) is 77.0 Å². The summed E-state index contributed by atoms with van der Waals surface area (Å²) in [5, 5.41) is 9.44. The summed E-state index contributed by atoms with van der Waals surface area (Å²) < 4.78 is 1.43. The summed E-state index contributed by atoms with van der Waals surface area (Å²) in [6, 6.07) is 7.61. The van der Waals surface area contributed by atoms with Crippen LogP contribution in [0.4, 0.5) is 0 Å². The number of benzene rings is 1. The second-order valence-corrected chi connectivity index (χ2v) is 7.50. The molecule has 25 heavy (non-hydrogen) atoms. The highest BCUT2D eigenvalue weighted by Crippen LogP contribution is 2.25. The molecular formula is C17H22ClN5OS. The van der Waals surface area contributed by atoms with Gasteiger partial charge in [0.05, 0.1) is 5.75 Å². The fraction of sp³-hybridized carbons (Fsp3) is 0.471. The number of piperidine rings is 1. The first-order valence-electron chi connectivity index (χ1n) is 8.49. The van der Waals surface area contributed by atoms with Crippen LogP contribution in [-0.4, -0.2) is 44.0 Å². The first-order valence-corrected chi connectivity index (χ1v) is 9.85. The molecule has 1 aliphatic heterocycles. The summed E-state index contributed by atoms with van der Waals surface area (Å²) in [7, 11) is 0. The zero-order valence-electron chi connectivity index (χ0n) is 14.2. The number of amides is 1. The van der Waals surface area contributed by atoms with E-state index in [1.54, 1.807) is 12.1 Å². The summed E-state index contributed by atoms with van der Waals surface area (Å²) in [6.07, 6.45) is 4.39. The summed E-state index contributed by atoms with van der Waals surface area (Å²) in [5.74, 6) is 7.13. The Bertz CT molecular complexity index is 733. The molecule has 2 N–H and O–H groups in total. The number of nitrogen functional groups attached to an aromatic ring is 1. The van der Waals surface area contributed by atoms with E-state index in [0.29, 0.717) is 27.8 Å². The van der Waals surface area contributed by atoms with Gasteiger partial charge in [0.25, 0.3) is 0 Å². The minimum atomic E-state index is 0.146. The van der Waals surface area contributed by atoms with Crippen molar-refractivity contribution in [3.05, 3.63) is 29.3 Å². The molecule has 1 fully saturated rings. The minimum absolute atomic E-state index is 0.146. The number of aromatic nitrogens is 3. The van der Waals surface area contributed by atoms with Crippen LogP contribution in [0.2, 0.25) is 5.02 Å². The SMILES string of the molecule is CC[C@@H]1CCCCN1C(=O)CSc1nnc(-c2ccc(Cl)cc2)n1N. The number of likely N-dealkylation sites (tertiary alicyclic amines) is 1. The number of carbonyl (C=O) groups is 1. The molecule has 0 unspecified atom stereocenters. The van der Waals surface area contributed by atoms with Gasteiger partial charge in [-0.1, -0.05) is 30.3 Å². The first kappa shape index (κ1) is 18.1. The Hall–Kier alpha value is -1.73. The number of rotatable bonds is 5. The van der Waals surface area contributed by atoms with Crippen molar-refractivity contribution in [2.45, 2.75) is 43.8 Å². The fourth-order valence-electron chi connectivity index (χ4n) is 3.13. The third-order valence-electron chi connectivity index (χ3n) is 4.51. The van der Waals surface area contributed by atoms with E-state index in [0.717, 1.165) is 31.4 Å². The largest absolute Gasteiger partial charge is 0.339 e. The van der Waals surface area contributed by atoms with E-state index in [-0.39, 0.29) is 5.91 Å². The number of nitrogens with two attached hydrogens (primary N) is 1. The molecule has 1 aromatic carbocycles. The lowest BCUT2D eigenvalue weighted by Gasteiger charge is -2.35. The molecule has 1 aliphatic rings. The van der Waals surface area contributed by atoms with E-state index in [4.69, 9.17) is 17.4 Å². The molecule has 134 valence electrons. The normalized spacial score (nSPS) is 17.7. The molecule has 3 rings (SSSR count). The second kappa shape index (κ2) is 8.10. The lowest BCUT2D eigenvalue weighted by atomic mass is 10.0. The quantitative estimate of drug-likeness (QED) is 0.637. The van der Waals surface area contributed by atoms with Gasteiger partial charge in [0.2, 0.25) is 11.1 Å². The predicted molar refractivity (Wildman–Crippen MR) is 101 cm³/mol. The van der Waals surface area contributed by atoms with Gasteiger partial charge in [-0.2, -0.15) is 0 Å². The Balaban J connectivity index is 1.65. The molecule has 8 heteroatoms. The molecule has 0 radical (unpaired) electrons. The highest BCUT2D eigenvalue weighted by molar-refractivity contribution is 7.99. The molecule has 1 atom stereocenters. The summed E-state index contributed by atoms with van der Waals surface area (Å²) in [5.41, 5.74) is 0.833. The van der Waals surface area contributed by atoms with Crippen LogP contribution in [0, 0.1) is 0 Å². The molecular weight excluding hydrogens is 358 g/mol. The van der Waals surface area contributed by atoms with E-state index in [9.17, 15) is 4.79 Å². The highest BCUT2D eigenvalue weighted by atomic mass is 35.5. The van der Waals surface area contributed by atoms with Crippen LogP contribution >= 0.6 is 23.4 Å². The minimum Gasteiger partial charge on any atom is -0.339 e. The van der Waals surface area contributed by atoms with Crippen LogP contribution in [0.3, 0.4) is 0 Å². The number of thioether (sulfide) groups is 1. The highest BCUT2D eigenvalue weighted by Gasteiger charge is 2.25. The van der Waals surface area contributed by atoms with Crippen molar-refractivity contribution in [1.82, 2.24) is 19.8 Å². The van der Waals surface area contributed by atoms with Gasteiger partial charge in [0, 0.05) is 23.2 Å². The Labute approximate surface area is 156 Å². The van der Waals surface area contributed by atoms with Gasteiger partial charge in [-0.15, -0.1) is 10.2 Å². The summed E-state index contributed by atoms with van der Waals surface area (Å²) >= 11 is 7.23. The van der Waals surface area contributed by atoms with Crippen LogP contribution in [0.5, 0.6) is 0 Å². The van der Waals surface area contributed by atoms with Gasteiger partial charge >= 0.3 is 0 Å². The van der Waals surface area contributed by atoms with Gasteiger partial charge in [-0.05, 0) is 49.9 Å². The smallest absolute Gasteiger partial charge is 0.233 e. The van der Waals surface area contributed by atoms with Gasteiger partial charge in [0.15, 0.2) is 5.82 Å². The van der Waals surface area contributed by atoms with Gasteiger partial charge < -0.3 is 10.7 Å². The zero-order chi connectivity index (χ0) is 17.8. The van der Waals surface area contributed by atoms with Crippen molar-refractivity contribution in [3.63, 3.8) is 0 Å². The monoisotopic (exact) mass is 379 g/mol. The maximum absolute atomic E-state index is 12.6. The Morgan fingerprint density at radius 3 is 2.80 bits per heavy atom. The maximum Gasteiger partial charge on any atom is 0.233 e. The molecule has 0 saturated carbocycles. The molecule has 6 nitrogen and oxygen atoms in total. The van der Waals surface area contributed by atoms with Crippen molar-refractivity contribution in [2.24, 2.45) is 0 Å². The molecule has 1 saturated heterocycles. The fourth-order valence-corrected chi connectivity index (χ4v) is 4.00. The predicted octanol–water partition coefficient (Wildman–Crippen LogP) is 3.20. The molecule has 2 aromatic rings. The lowest BCUT2D eigenvalue weighted by molar-refractivity contribution is -0.132. The number of nitrogens with zero attached hydrogens (tertiary/aromatic N) is 4.